The van der Waals surface area contributed by atoms with Gasteiger partial charge in [0.05, 0.1) is 0 Å². The van der Waals surface area contributed by atoms with Crippen LogP contribution in [0.1, 0.15) is 104 Å². The van der Waals surface area contributed by atoms with Crippen LogP contribution in [0.3, 0.4) is 0 Å². The van der Waals surface area contributed by atoms with Gasteiger partial charge < -0.3 is 0 Å². The fourth-order valence-electron chi connectivity index (χ4n) is 2.60. The Labute approximate surface area is 129 Å². The van der Waals surface area contributed by atoms with E-state index in [9.17, 15) is 4.57 Å². The van der Waals surface area contributed by atoms with Gasteiger partial charge in [-0.25, -0.2) is 0 Å². The standard InChI is InChI=1S/C18H38OP/c1-3-5-7-9-11-13-15-17-20(19)18-16-14-12-10-8-6-4-2/h3-18H2,1-2H3/q+1. The molecule has 0 N–H and O–H groups in total. The van der Waals surface area contributed by atoms with Gasteiger partial charge in [-0.1, -0.05) is 82.6 Å². The summed E-state index contributed by atoms with van der Waals surface area (Å²) in [5.41, 5.74) is 0. The van der Waals surface area contributed by atoms with Crippen molar-refractivity contribution < 1.29 is 4.57 Å². The first kappa shape index (κ1) is 20.1. The maximum absolute atomic E-state index is 11.9. The van der Waals surface area contributed by atoms with Crippen LogP contribution < -0.4 is 0 Å². The highest BCUT2D eigenvalue weighted by molar-refractivity contribution is 7.44. The lowest BCUT2D eigenvalue weighted by molar-refractivity contribution is 0.571. The molecular formula is C18H38OP+. The van der Waals surface area contributed by atoms with Crippen LogP contribution in [-0.2, 0) is 4.57 Å². The highest BCUT2D eigenvalue weighted by Gasteiger charge is 2.13. The van der Waals surface area contributed by atoms with Gasteiger partial charge in [-0.3, -0.25) is 0 Å². The lowest BCUT2D eigenvalue weighted by Gasteiger charge is -1.98. The van der Waals surface area contributed by atoms with Crippen molar-refractivity contribution >= 4 is 7.80 Å². The normalized spacial score (nSPS) is 10.9. The van der Waals surface area contributed by atoms with Crippen molar-refractivity contribution in [2.75, 3.05) is 12.3 Å². The molecule has 0 atom stereocenters. The topological polar surface area (TPSA) is 17.1 Å². The highest BCUT2D eigenvalue weighted by atomic mass is 31.1. The SMILES string of the molecule is CCCCCCCCC[P+](=O)CCCCCCCCC. The van der Waals surface area contributed by atoms with Gasteiger partial charge in [-0.05, 0) is 25.7 Å². The fraction of sp³-hybridized carbons (Fsp3) is 1.00. The molecule has 0 saturated heterocycles. The van der Waals surface area contributed by atoms with Gasteiger partial charge in [-0.15, -0.1) is 0 Å². The Bertz CT molecular complexity index is 184. The molecule has 120 valence electrons. The minimum atomic E-state index is -0.886. The summed E-state index contributed by atoms with van der Waals surface area (Å²) < 4.78 is 11.9. The maximum Gasteiger partial charge on any atom is 0.338 e. The van der Waals surface area contributed by atoms with Crippen LogP contribution in [0.15, 0.2) is 0 Å². The summed E-state index contributed by atoms with van der Waals surface area (Å²) in [7, 11) is -0.886. The first-order chi connectivity index (χ1) is 9.81. The zero-order chi connectivity index (χ0) is 14.9. The Morgan fingerprint density at radius 3 is 1.15 bits per heavy atom. The molecule has 0 aliphatic heterocycles. The summed E-state index contributed by atoms with van der Waals surface area (Å²) in [6.07, 6.45) is 20.6. The molecule has 0 bridgehead atoms. The smallest absolute Gasteiger partial charge is 0.0748 e. The van der Waals surface area contributed by atoms with E-state index in [2.05, 4.69) is 13.8 Å². The fourth-order valence-corrected chi connectivity index (χ4v) is 3.98. The second kappa shape index (κ2) is 17.2. The molecule has 20 heavy (non-hydrogen) atoms. The summed E-state index contributed by atoms with van der Waals surface area (Å²) >= 11 is 0. The minimum absolute atomic E-state index is 0.886. The van der Waals surface area contributed by atoms with Gasteiger partial charge in [-0.2, -0.15) is 0 Å². The second-order valence-electron chi connectivity index (χ2n) is 6.17. The van der Waals surface area contributed by atoms with Crippen LogP contribution in [-0.4, -0.2) is 12.3 Å². The van der Waals surface area contributed by atoms with Crippen molar-refractivity contribution in [2.45, 2.75) is 104 Å². The third kappa shape index (κ3) is 16.2. The van der Waals surface area contributed by atoms with Crippen LogP contribution in [0.25, 0.3) is 0 Å². The Kier molecular flexibility index (Phi) is 17.2. The van der Waals surface area contributed by atoms with Crippen LogP contribution >= 0.6 is 7.80 Å². The lowest BCUT2D eigenvalue weighted by Crippen LogP contribution is -1.87. The van der Waals surface area contributed by atoms with E-state index in [1.54, 1.807) is 0 Å². The van der Waals surface area contributed by atoms with Gasteiger partial charge in [0, 0.05) is 0 Å². The van der Waals surface area contributed by atoms with Gasteiger partial charge in [0.2, 0.25) is 0 Å². The highest BCUT2D eigenvalue weighted by Crippen LogP contribution is 2.25. The summed E-state index contributed by atoms with van der Waals surface area (Å²) in [6.45, 7) is 4.52. The van der Waals surface area contributed by atoms with E-state index in [1.165, 1.54) is 89.9 Å². The van der Waals surface area contributed by atoms with Gasteiger partial charge >= 0.3 is 7.80 Å². The number of rotatable bonds is 16. The van der Waals surface area contributed by atoms with Crippen LogP contribution in [0, 0.1) is 0 Å². The molecule has 2 heteroatoms. The van der Waals surface area contributed by atoms with Crippen molar-refractivity contribution in [1.29, 1.82) is 0 Å². The molecule has 0 aromatic rings. The number of hydrogen-bond acceptors (Lipinski definition) is 1. The predicted octanol–water partition coefficient (Wildman–Crippen LogP) is 7.32. The number of hydrogen-bond donors (Lipinski definition) is 0. The summed E-state index contributed by atoms with van der Waals surface area (Å²) in [5.74, 6) is 0. The van der Waals surface area contributed by atoms with Gasteiger partial charge in [0.1, 0.15) is 12.3 Å². The molecule has 0 radical (unpaired) electrons. The second-order valence-corrected chi connectivity index (χ2v) is 8.03. The molecule has 0 aromatic heterocycles. The number of unbranched alkanes of at least 4 members (excludes halogenated alkanes) is 12. The zero-order valence-corrected chi connectivity index (χ0v) is 15.1. The molecule has 0 unspecified atom stereocenters. The predicted molar refractivity (Wildman–Crippen MR) is 93.3 cm³/mol. The molecule has 0 fully saturated rings. The molecule has 0 aromatic carbocycles. The maximum atomic E-state index is 11.9. The molecule has 0 rings (SSSR count). The van der Waals surface area contributed by atoms with Crippen molar-refractivity contribution in [3.63, 3.8) is 0 Å². The molecule has 0 saturated carbocycles. The van der Waals surface area contributed by atoms with Crippen molar-refractivity contribution in [3.05, 3.63) is 0 Å². The summed E-state index contributed by atoms with van der Waals surface area (Å²) in [4.78, 5) is 0. The molecule has 0 aliphatic carbocycles. The third-order valence-electron chi connectivity index (χ3n) is 4.02. The van der Waals surface area contributed by atoms with E-state index in [-0.39, 0.29) is 0 Å². The van der Waals surface area contributed by atoms with Crippen molar-refractivity contribution in [1.82, 2.24) is 0 Å². The van der Waals surface area contributed by atoms with E-state index >= 15 is 0 Å². The summed E-state index contributed by atoms with van der Waals surface area (Å²) in [5, 5.41) is 0. The summed E-state index contributed by atoms with van der Waals surface area (Å²) in [6, 6.07) is 0. The Hall–Kier alpha value is 0.100. The zero-order valence-electron chi connectivity index (χ0n) is 14.2. The third-order valence-corrected chi connectivity index (χ3v) is 5.65. The quantitative estimate of drug-likeness (QED) is 0.216. The lowest BCUT2D eigenvalue weighted by atomic mass is 10.1. The van der Waals surface area contributed by atoms with Crippen LogP contribution in [0.4, 0.5) is 0 Å². The first-order valence-electron chi connectivity index (χ1n) is 9.23. The van der Waals surface area contributed by atoms with Crippen molar-refractivity contribution in [2.24, 2.45) is 0 Å². The van der Waals surface area contributed by atoms with Gasteiger partial charge in [0.25, 0.3) is 0 Å². The average Bonchev–Trinajstić information content (AvgIpc) is 2.45. The molecule has 0 spiro atoms. The van der Waals surface area contributed by atoms with Crippen LogP contribution in [0.2, 0.25) is 0 Å². The molecule has 0 aliphatic rings. The molecule has 1 nitrogen and oxygen atoms in total. The first-order valence-corrected chi connectivity index (χ1v) is 10.9. The average molecular weight is 301 g/mol. The monoisotopic (exact) mass is 301 g/mol. The van der Waals surface area contributed by atoms with E-state index in [4.69, 9.17) is 0 Å². The Morgan fingerprint density at radius 1 is 0.500 bits per heavy atom. The Morgan fingerprint density at radius 2 is 0.800 bits per heavy atom. The largest absolute Gasteiger partial charge is 0.338 e. The Balaban J connectivity index is 3.13. The van der Waals surface area contributed by atoms with Crippen LogP contribution in [0.5, 0.6) is 0 Å². The van der Waals surface area contributed by atoms with E-state index in [0.717, 1.165) is 12.3 Å². The van der Waals surface area contributed by atoms with E-state index in [0.29, 0.717) is 0 Å². The molecule has 0 heterocycles. The van der Waals surface area contributed by atoms with E-state index in [1.807, 2.05) is 0 Å². The van der Waals surface area contributed by atoms with E-state index < -0.39 is 7.80 Å². The minimum Gasteiger partial charge on any atom is -0.0748 e. The molecular weight excluding hydrogens is 263 g/mol. The van der Waals surface area contributed by atoms with Crippen molar-refractivity contribution in [3.8, 4) is 0 Å². The van der Waals surface area contributed by atoms with Gasteiger partial charge in [0.15, 0.2) is 0 Å². The molecule has 0 amide bonds.